The second kappa shape index (κ2) is 14.8. The van der Waals surface area contributed by atoms with E-state index in [9.17, 15) is 29.1 Å². The highest BCUT2D eigenvalue weighted by Crippen LogP contribution is 2.31. The zero-order valence-corrected chi connectivity index (χ0v) is 26.4. The molecule has 2 unspecified atom stereocenters. The Morgan fingerprint density at radius 1 is 1.04 bits per heavy atom. The summed E-state index contributed by atoms with van der Waals surface area (Å²) in [5, 5.41) is 12.6. The van der Waals surface area contributed by atoms with E-state index in [0.29, 0.717) is 29.1 Å². The molecule has 0 saturated carbocycles. The molecule has 0 bridgehead atoms. The number of nitrogens with one attached hydrogen (secondary N) is 1. The quantitative estimate of drug-likeness (QED) is 0.390. The van der Waals surface area contributed by atoms with Crippen molar-refractivity contribution in [1.82, 2.24) is 29.9 Å². The SMILES string of the molecule is CCOC(=O)N1CCN(C(=O)[C@H](CCC(=O)O)NC(=O)c2cc(OCC(=O)N3CCCC4CN(C)CC43)c3ccccc3n2)CC1. The third-order valence-corrected chi connectivity index (χ3v) is 8.91. The Bertz CT molecular complexity index is 1460. The van der Waals surface area contributed by atoms with Crippen molar-refractivity contribution in [3.05, 3.63) is 36.0 Å². The fourth-order valence-electron chi connectivity index (χ4n) is 6.60. The van der Waals surface area contributed by atoms with Crippen LogP contribution >= 0.6 is 0 Å². The number of likely N-dealkylation sites (N-methyl/N-ethyl adjacent to an activating group) is 1. The molecule has 46 heavy (non-hydrogen) atoms. The van der Waals surface area contributed by atoms with E-state index in [4.69, 9.17) is 9.47 Å². The lowest BCUT2D eigenvalue weighted by Gasteiger charge is -2.37. The van der Waals surface area contributed by atoms with Crippen LogP contribution in [0, 0.1) is 5.92 Å². The average Bonchev–Trinajstić information content (AvgIpc) is 3.45. The largest absolute Gasteiger partial charge is 0.483 e. The number of hydrogen-bond acceptors (Lipinski definition) is 9. The number of aliphatic carboxylic acids is 1. The smallest absolute Gasteiger partial charge is 0.409 e. The maximum absolute atomic E-state index is 13.5. The van der Waals surface area contributed by atoms with Crippen molar-refractivity contribution in [2.75, 3.05) is 66.1 Å². The summed E-state index contributed by atoms with van der Waals surface area (Å²) in [5.41, 5.74) is 0.438. The normalized spacial score (nSPS) is 20.6. The summed E-state index contributed by atoms with van der Waals surface area (Å²) in [7, 11) is 2.07. The molecule has 1 aromatic carbocycles. The second-order valence-electron chi connectivity index (χ2n) is 12.1. The van der Waals surface area contributed by atoms with Crippen molar-refractivity contribution < 1.29 is 38.6 Å². The van der Waals surface area contributed by atoms with Gasteiger partial charge >= 0.3 is 12.1 Å². The number of likely N-dealkylation sites (tertiary alicyclic amines) is 2. The van der Waals surface area contributed by atoms with Crippen molar-refractivity contribution in [1.29, 1.82) is 0 Å². The number of carbonyl (C=O) groups is 5. The Balaban J connectivity index is 1.29. The van der Waals surface area contributed by atoms with Gasteiger partial charge in [-0.15, -0.1) is 0 Å². The van der Waals surface area contributed by atoms with Gasteiger partial charge in [0.05, 0.1) is 12.1 Å². The Kier molecular flexibility index (Phi) is 10.6. The summed E-state index contributed by atoms with van der Waals surface area (Å²) < 4.78 is 11.1. The lowest BCUT2D eigenvalue weighted by molar-refractivity contribution is -0.139. The number of carbonyl (C=O) groups excluding carboxylic acids is 4. The van der Waals surface area contributed by atoms with Gasteiger partial charge in [0, 0.05) is 69.7 Å². The van der Waals surface area contributed by atoms with Crippen LogP contribution in [-0.4, -0.2) is 138 Å². The van der Waals surface area contributed by atoms with Gasteiger partial charge in [0.2, 0.25) is 5.91 Å². The number of para-hydroxylation sites is 1. The zero-order chi connectivity index (χ0) is 32.8. The van der Waals surface area contributed by atoms with E-state index in [1.54, 1.807) is 25.1 Å². The van der Waals surface area contributed by atoms with Crippen molar-refractivity contribution in [3.8, 4) is 5.75 Å². The van der Waals surface area contributed by atoms with Gasteiger partial charge in [-0.05, 0) is 51.3 Å². The average molecular weight is 639 g/mol. The number of carboxylic acids is 1. The first-order chi connectivity index (χ1) is 22.1. The van der Waals surface area contributed by atoms with E-state index < -0.39 is 29.9 Å². The van der Waals surface area contributed by atoms with Crippen molar-refractivity contribution in [3.63, 3.8) is 0 Å². The fraction of sp³-hybridized carbons (Fsp3) is 0.562. The molecular formula is C32H42N6O8. The second-order valence-corrected chi connectivity index (χ2v) is 12.1. The summed E-state index contributed by atoms with van der Waals surface area (Å²) in [6, 6.07) is 7.58. The minimum absolute atomic E-state index is 0.0307. The number of nitrogens with zero attached hydrogens (tertiary/aromatic N) is 5. The molecule has 0 spiro atoms. The molecule has 3 saturated heterocycles. The molecule has 3 aliphatic rings. The summed E-state index contributed by atoms with van der Waals surface area (Å²) in [6.07, 6.45) is 1.13. The number of rotatable bonds is 10. The van der Waals surface area contributed by atoms with Crippen LogP contribution in [0.5, 0.6) is 5.75 Å². The molecule has 3 atom stereocenters. The molecule has 0 radical (unpaired) electrons. The van der Waals surface area contributed by atoms with Crippen LogP contribution in [0.4, 0.5) is 4.79 Å². The molecule has 14 heteroatoms. The van der Waals surface area contributed by atoms with Crippen molar-refractivity contribution in [2.24, 2.45) is 5.92 Å². The molecule has 0 aliphatic carbocycles. The summed E-state index contributed by atoms with van der Waals surface area (Å²) in [5.74, 6) is -1.57. The summed E-state index contributed by atoms with van der Waals surface area (Å²) >= 11 is 0. The Morgan fingerprint density at radius 2 is 1.78 bits per heavy atom. The molecule has 2 aromatic rings. The van der Waals surface area contributed by atoms with Gasteiger partial charge in [0.25, 0.3) is 11.8 Å². The molecule has 14 nitrogen and oxygen atoms in total. The molecule has 4 amide bonds. The first-order valence-electron chi connectivity index (χ1n) is 15.9. The number of amides is 4. The molecular weight excluding hydrogens is 596 g/mol. The van der Waals surface area contributed by atoms with E-state index in [1.165, 1.54) is 15.9 Å². The molecule has 3 fully saturated rings. The fourth-order valence-corrected chi connectivity index (χ4v) is 6.60. The lowest BCUT2D eigenvalue weighted by atomic mass is 9.92. The molecule has 2 N–H and O–H groups in total. The van der Waals surface area contributed by atoms with Gasteiger partial charge in [-0.2, -0.15) is 0 Å². The van der Waals surface area contributed by atoms with Gasteiger partial charge in [0.15, 0.2) is 6.61 Å². The van der Waals surface area contributed by atoms with Crippen LogP contribution in [0.1, 0.15) is 43.1 Å². The number of piperidine rings is 1. The van der Waals surface area contributed by atoms with Crippen LogP contribution in [-0.2, 0) is 19.1 Å². The van der Waals surface area contributed by atoms with Crippen molar-refractivity contribution >= 4 is 40.7 Å². The summed E-state index contributed by atoms with van der Waals surface area (Å²) in [4.78, 5) is 75.5. The van der Waals surface area contributed by atoms with E-state index in [-0.39, 0.29) is 69.9 Å². The summed E-state index contributed by atoms with van der Waals surface area (Å²) in [6.45, 7) is 5.19. The van der Waals surface area contributed by atoms with Gasteiger partial charge in [-0.1, -0.05) is 12.1 Å². The first-order valence-corrected chi connectivity index (χ1v) is 15.9. The zero-order valence-electron chi connectivity index (χ0n) is 26.4. The van der Waals surface area contributed by atoms with Crippen molar-refractivity contribution in [2.45, 2.75) is 44.7 Å². The molecule has 4 heterocycles. The number of benzene rings is 1. The van der Waals surface area contributed by atoms with E-state index >= 15 is 0 Å². The van der Waals surface area contributed by atoms with E-state index in [2.05, 4.69) is 22.2 Å². The van der Waals surface area contributed by atoms with Gasteiger partial charge in [0.1, 0.15) is 17.5 Å². The van der Waals surface area contributed by atoms with E-state index in [1.807, 2.05) is 11.0 Å². The number of ether oxygens (including phenoxy) is 2. The maximum atomic E-state index is 13.5. The van der Waals surface area contributed by atoms with E-state index in [0.717, 1.165) is 25.9 Å². The minimum Gasteiger partial charge on any atom is -0.483 e. The predicted molar refractivity (Wildman–Crippen MR) is 166 cm³/mol. The standard InChI is InChI=1S/C32H42N6O8/c1-3-45-32(44)37-15-13-36(14-16-37)31(43)24(10-11-29(40)41)34-30(42)25-17-27(22-8-4-5-9-23(22)33-25)46-20-28(39)38-12-6-7-21-18-35(2)19-26(21)38/h4-5,8-9,17,21,24,26H,3,6-7,10-16,18-20H2,1-2H3,(H,34,42)(H,40,41)/t21?,24-,26?/m0/s1. The first kappa shape index (κ1) is 32.9. The number of piperazine rings is 1. The highest BCUT2D eigenvalue weighted by Gasteiger charge is 2.40. The maximum Gasteiger partial charge on any atom is 0.409 e. The minimum atomic E-state index is -1.13. The van der Waals surface area contributed by atoms with Crippen LogP contribution in [0.25, 0.3) is 10.9 Å². The highest BCUT2D eigenvalue weighted by atomic mass is 16.6. The lowest BCUT2D eigenvalue weighted by Crippen LogP contribution is -2.56. The number of pyridine rings is 1. The monoisotopic (exact) mass is 638 g/mol. The number of aromatic nitrogens is 1. The molecule has 248 valence electrons. The molecule has 3 aliphatic heterocycles. The predicted octanol–water partition coefficient (Wildman–Crippen LogP) is 1.43. The van der Waals surface area contributed by atoms with Crippen LogP contribution < -0.4 is 10.1 Å². The topological polar surface area (TPSA) is 162 Å². The van der Waals surface area contributed by atoms with Crippen LogP contribution in [0.15, 0.2) is 30.3 Å². The Hall–Kier alpha value is -4.46. The molecule has 5 rings (SSSR count). The van der Waals surface area contributed by atoms with Crippen LogP contribution in [0.2, 0.25) is 0 Å². The molecule has 1 aromatic heterocycles. The third-order valence-electron chi connectivity index (χ3n) is 8.91. The number of carboxylic acid groups (broad SMARTS) is 1. The number of fused-ring (bicyclic) bond motifs is 2. The van der Waals surface area contributed by atoms with Crippen LogP contribution in [0.3, 0.4) is 0 Å². The Labute approximate surface area is 267 Å². The van der Waals surface area contributed by atoms with Gasteiger partial charge < -0.3 is 39.5 Å². The van der Waals surface area contributed by atoms with Gasteiger partial charge in [-0.3, -0.25) is 19.2 Å². The number of hydrogen-bond donors (Lipinski definition) is 2. The Morgan fingerprint density at radius 3 is 2.52 bits per heavy atom. The third kappa shape index (κ3) is 7.66. The highest BCUT2D eigenvalue weighted by molar-refractivity contribution is 5.99. The van der Waals surface area contributed by atoms with Gasteiger partial charge in [-0.25, -0.2) is 9.78 Å².